The lowest BCUT2D eigenvalue weighted by molar-refractivity contribution is 0.628. The summed E-state index contributed by atoms with van der Waals surface area (Å²) in [6, 6.07) is 11.5. The number of nitrogens with two attached hydrogens (primary N) is 1. The third-order valence-corrected chi connectivity index (χ3v) is 3.83. The Kier molecular flexibility index (Phi) is 4.48. The minimum Gasteiger partial charge on any atom is -0.393 e. The third kappa shape index (κ3) is 3.55. The Bertz CT molecular complexity index is 867. The van der Waals surface area contributed by atoms with Gasteiger partial charge in [0, 0.05) is 16.4 Å². The summed E-state index contributed by atoms with van der Waals surface area (Å²) in [4.78, 5) is 8.27. The lowest BCUT2D eigenvalue weighted by Crippen LogP contribution is -2.05. The van der Waals surface area contributed by atoms with Crippen molar-refractivity contribution < 1.29 is 4.39 Å². The first-order valence-corrected chi connectivity index (χ1v) is 7.57. The number of benzene rings is 2. The number of aromatic nitrogens is 2. The van der Waals surface area contributed by atoms with Crippen molar-refractivity contribution in [1.82, 2.24) is 9.97 Å². The highest BCUT2D eigenvalue weighted by Gasteiger charge is 2.09. The van der Waals surface area contributed by atoms with Gasteiger partial charge in [-0.1, -0.05) is 17.7 Å². The van der Waals surface area contributed by atoms with Crippen molar-refractivity contribution in [3.63, 3.8) is 0 Å². The summed E-state index contributed by atoms with van der Waals surface area (Å²) in [7, 11) is 0. The molecule has 0 aliphatic rings. The standard InChI is InChI=1S/C17H15ClFN5/c1-10-2-5-13(8-14(10)18)24-17-15(20)16(21-9-22-17)23-12-6-3-11(19)4-7-12/h2-9H,20H2,1H3,(H2,21,22,23,24). The molecule has 1 aromatic heterocycles. The summed E-state index contributed by atoms with van der Waals surface area (Å²) in [6.45, 7) is 1.93. The first kappa shape index (κ1) is 16.0. The van der Waals surface area contributed by atoms with Crippen LogP contribution in [0.2, 0.25) is 5.02 Å². The predicted molar refractivity (Wildman–Crippen MR) is 95.6 cm³/mol. The fraction of sp³-hybridized carbons (Fsp3) is 0.0588. The number of nitrogens with one attached hydrogen (secondary N) is 2. The fourth-order valence-electron chi connectivity index (χ4n) is 2.07. The zero-order valence-electron chi connectivity index (χ0n) is 12.8. The van der Waals surface area contributed by atoms with Crippen molar-refractivity contribution in [3.05, 3.63) is 65.2 Å². The summed E-state index contributed by atoms with van der Waals surface area (Å²) in [6.07, 6.45) is 1.39. The second-order valence-corrected chi connectivity index (χ2v) is 5.61. The molecule has 3 aromatic rings. The van der Waals surface area contributed by atoms with E-state index in [1.54, 1.807) is 18.2 Å². The SMILES string of the molecule is Cc1ccc(Nc2ncnc(Nc3ccc(F)cc3)c2N)cc1Cl. The van der Waals surface area contributed by atoms with E-state index < -0.39 is 0 Å². The van der Waals surface area contributed by atoms with Crippen LogP contribution in [0.25, 0.3) is 0 Å². The van der Waals surface area contributed by atoms with Crippen molar-refractivity contribution in [1.29, 1.82) is 0 Å². The largest absolute Gasteiger partial charge is 0.393 e. The highest BCUT2D eigenvalue weighted by atomic mass is 35.5. The first-order valence-electron chi connectivity index (χ1n) is 7.19. The molecule has 0 aliphatic heterocycles. The maximum absolute atomic E-state index is 13.0. The van der Waals surface area contributed by atoms with E-state index in [0.29, 0.717) is 28.0 Å². The van der Waals surface area contributed by atoms with Crippen LogP contribution in [0.3, 0.4) is 0 Å². The molecule has 0 saturated carbocycles. The Morgan fingerprint density at radius 1 is 0.958 bits per heavy atom. The molecular weight excluding hydrogens is 329 g/mol. The highest BCUT2D eigenvalue weighted by molar-refractivity contribution is 6.31. The lowest BCUT2D eigenvalue weighted by atomic mass is 10.2. The van der Waals surface area contributed by atoms with Crippen molar-refractivity contribution in [3.8, 4) is 0 Å². The van der Waals surface area contributed by atoms with E-state index in [-0.39, 0.29) is 5.82 Å². The van der Waals surface area contributed by atoms with Crippen molar-refractivity contribution >= 4 is 40.3 Å². The number of nitrogen functional groups attached to an aromatic ring is 1. The van der Waals surface area contributed by atoms with E-state index >= 15 is 0 Å². The lowest BCUT2D eigenvalue weighted by Gasteiger charge is -2.13. The van der Waals surface area contributed by atoms with Gasteiger partial charge in [-0.15, -0.1) is 0 Å². The first-order chi connectivity index (χ1) is 11.5. The molecule has 0 radical (unpaired) electrons. The molecule has 5 nitrogen and oxygen atoms in total. The van der Waals surface area contributed by atoms with Crippen LogP contribution in [0.4, 0.5) is 33.1 Å². The summed E-state index contributed by atoms with van der Waals surface area (Å²) < 4.78 is 13.0. The Labute approximate surface area is 143 Å². The van der Waals surface area contributed by atoms with Gasteiger partial charge in [0.25, 0.3) is 0 Å². The number of hydrogen-bond donors (Lipinski definition) is 3. The molecule has 0 saturated heterocycles. The fourth-order valence-corrected chi connectivity index (χ4v) is 2.25. The molecule has 0 bridgehead atoms. The quantitative estimate of drug-likeness (QED) is 0.643. The minimum absolute atomic E-state index is 0.310. The van der Waals surface area contributed by atoms with Crippen LogP contribution in [0.1, 0.15) is 5.56 Å². The molecule has 0 spiro atoms. The molecule has 3 rings (SSSR count). The maximum Gasteiger partial charge on any atom is 0.159 e. The van der Waals surface area contributed by atoms with E-state index in [1.165, 1.54) is 18.5 Å². The van der Waals surface area contributed by atoms with E-state index in [0.717, 1.165) is 11.3 Å². The van der Waals surface area contributed by atoms with Crippen LogP contribution in [0.5, 0.6) is 0 Å². The molecule has 4 N–H and O–H groups in total. The molecule has 24 heavy (non-hydrogen) atoms. The Balaban J connectivity index is 1.84. The molecule has 1 heterocycles. The number of rotatable bonds is 4. The zero-order chi connectivity index (χ0) is 17.1. The van der Waals surface area contributed by atoms with Crippen LogP contribution < -0.4 is 16.4 Å². The molecule has 0 fully saturated rings. The normalized spacial score (nSPS) is 10.5. The monoisotopic (exact) mass is 343 g/mol. The van der Waals surface area contributed by atoms with E-state index in [1.807, 2.05) is 19.1 Å². The third-order valence-electron chi connectivity index (χ3n) is 3.43. The Hall–Kier alpha value is -2.86. The van der Waals surface area contributed by atoms with Gasteiger partial charge in [-0.2, -0.15) is 0 Å². The molecule has 0 amide bonds. The maximum atomic E-state index is 13.0. The van der Waals surface area contributed by atoms with Crippen molar-refractivity contribution in [2.24, 2.45) is 0 Å². The van der Waals surface area contributed by atoms with Gasteiger partial charge in [0.05, 0.1) is 0 Å². The molecule has 2 aromatic carbocycles. The second-order valence-electron chi connectivity index (χ2n) is 5.21. The van der Waals surface area contributed by atoms with E-state index in [4.69, 9.17) is 17.3 Å². The number of halogens is 2. The molecule has 0 atom stereocenters. The number of nitrogens with zero attached hydrogens (tertiary/aromatic N) is 2. The number of hydrogen-bond acceptors (Lipinski definition) is 5. The summed E-state index contributed by atoms with van der Waals surface area (Å²) in [5.74, 6) is 0.571. The van der Waals surface area contributed by atoms with Gasteiger partial charge in [0.1, 0.15) is 17.8 Å². The Morgan fingerprint density at radius 3 is 2.17 bits per heavy atom. The van der Waals surface area contributed by atoms with Gasteiger partial charge < -0.3 is 16.4 Å². The molecule has 0 aliphatic carbocycles. The minimum atomic E-state index is -0.310. The van der Waals surface area contributed by atoms with Crippen LogP contribution in [-0.4, -0.2) is 9.97 Å². The summed E-state index contributed by atoms with van der Waals surface area (Å²) in [5.41, 5.74) is 8.89. The molecular formula is C17H15ClFN5. The van der Waals surface area contributed by atoms with Gasteiger partial charge >= 0.3 is 0 Å². The molecule has 7 heteroatoms. The summed E-state index contributed by atoms with van der Waals surface area (Å²) >= 11 is 6.12. The number of aryl methyl sites for hydroxylation is 1. The smallest absolute Gasteiger partial charge is 0.159 e. The molecule has 122 valence electrons. The van der Waals surface area contributed by atoms with Gasteiger partial charge in [0.15, 0.2) is 11.6 Å². The average Bonchev–Trinajstić information content (AvgIpc) is 2.57. The summed E-state index contributed by atoms with van der Waals surface area (Å²) in [5, 5.41) is 6.80. The van der Waals surface area contributed by atoms with Crippen molar-refractivity contribution in [2.45, 2.75) is 6.92 Å². The highest BCUT2D eigenvalue weighted by Crippen LogP contribution is 2.29. The van der Waals surface area contributed by atoms with E-state index in [9.17, 15) is 4.39 Å². The topological polar surface area (TPSA) is 75.9 Å². The molecule has 0 unspecified atom stereocenters. The zero-order valence-corrected chi connectivity index (χ0v) is 13.6. The van der Waals surface area contributed by atoms with Crippen molar-refractivity contribution in [2.75, 3.05) is 16.4 Å². The van der Waals surface area contributed by atoms with Gasteiger partial charge in [-0.3, -0.25) is 0 Å². The average molecular weight is 344 g/mol. The van der Waals surface area contributed by atoms with Gasteiger partial charge in [0.2, 0.25) is 0 Å². The van der Waals surface area contributed by atoms with Gasteiger partial charge in [-0.25, -0.2) is 14.4 Å². The number of anilines is 5. The second kappa shape index (κ2) is 6.72. The van der Waals surface area contributed by atoms with Crippen LogP contribution in [0, 0.1) is 12.7 Å². The Morgan fingerprint density at radius 2 is 1.54 bits per heavy atom. The van der Waals surface area contributed by atoms with Gasteiger partial charge in [-0.05, 0) is 48.9 Å². The van der Waals surface area contributed by atoms with Crippen LogP contribution in [0.15, 0.2) is 48.8 Å². The van der Waals surface area contributed by atoms with Crippen LogP contribution >= 0.6 is 11.6 Å². The van der Waals surface area contributed by atoms with E-state index in [2.05, 4.69) is 20.6 Å². The van der Waals surface area contributed by atoms with Crippen LogP contribution in [-0.2, 0) is 0 Å². The predicted octanol–water partition coefficient (Wildman–Crippen LogP) is 4.65.